The fraction of sp³-hybridized carbons (Fsp3) is 0.143. The van der Waals surface area contributed by atoms with Crippen molar-refractivity contribution >= 4 is 56.1 Å². The van der Waals surface area contributed by atoms with Gasteiger partial charge in [-0.2, -0.15) is 0 Å². The van der Waals surface area contributed by atoms with Gasteiger partial charge in [-0.1, -0.05) is 109 Å². The third-order valence-corrected chi connectivity index (χ3v) is 12.3. The molecule has 0 bridgehead atoms. The van der Waals surface area contributed by atoms with E-state index in [1.54, 1.807) is 0 Å². The molecule has 0 heterocycles. The molecule has 31 heavy (non-hydrogen) atoms. The molecule has 6 rings (SSSR count). The summed E-state index contributed by atoms with van der Waals surface area (Å²) in [6.45, 7) is 0. The van der Waals surface area contributed by atoms with Gasteiger partial charge in [-0.3, -0.25) is 0 Å². The quantitative estimate of drug-likeness (QED) is 0.465. The first-order chi connectivity index (χ1) is 14.8. The minimum atomic E-state index is -2.48. The predicted octanol–water partition coefficient (Wildman–Crippen LogP) is 5.98. The fourth-order valence-corrected chi connectivity index (χ4v) is 11.3. The van der Waals surface area contributed by atoms with Crippen molar-refractivity contribution in [1.29, 1.82) is 0 Å². The Kier molecular flexibility index (Phi) is 5.53. The number of hydrogen-bond donors (Lipinski definition) is 0. The molecular weight excluding hydrogens is 403 g/mol. The van der Waals surface area contributed by atoms with Gasteiger partial charge in [0.15, 0.2) is 0 Å². The van der Waals surface area contributed by atoms with E-state index in [4.69, 9.17) is 4.43 Å². The number of hydrogen-bond acceptors (Lipinski definition) is 1. The van der Waals surface area contributed by atoms with Crippen LogP contribution in [-0.4, -0.2) is 45.0 Å². The van der Waals surface area contributed by atoms with E-state index in [1.807, 2.05) is 7.11 Å². The van der Waals surface area contributed by atoms with Crippen LogP contribution < -0.4 is 0 Å². The second-order valence-corrected chi connectivity index (χ2v) is 12.4. The van der Waals surface area contributed by atoms with Gasteiger partial charge in [0.05, 0.1) is 0 Å². The van der Waals surface area contributed by atoms with Gasteiger partial charge in [-0.25, -0.2) is 0 Å². The summed E-state index contributed by atoms with van der Waals surface area (Å²) in [7, 11) is -0.522. The topological polar surface area (TPSA) is 9.23 Å². The van der Waals surface area contributed by atoms with E-state index < -0.39 is 8.32 Å². The summed E-state index contributed by atoms with van der Waals surface area (Å²) in [4.78, 5) is 0. The summed E-state index contributed by atoms with van der Waals surface area (Å²) in [5, 5.41) is 0. The number of benzene rings is 3. The van der Waals surface area contributed by atoms with Crippen LogP contribution in [0.15, 0.2) is 91.0 Å². The van der Waals surface area contributed by atoms with E-state index in [0.29, 0.717) is 16.6 Å². The second kappa shape index (κ2) is 8.20. The van der Waals surface area contributed by atoms with Crippen LogP contribution in [0.3, 0.4) is 0 Å². The van der Waals surface area contributed by atoms with Crippen LogP contribution in [-0.2, 0) is 4.43 Å². The van der Waals surface area contributed by atoms with E-state index in [9.17, 15) is 0 Å². The minimum absolute atomic E-state index is 0. The first-order valence-corrected chi connectivity index (χ1v) is 12.8. The maximum absolute atomic E-state index is 6.85. The summed E-state index contributed by atoms with van der Waals surface area (Å²) < 4.78 is 6.85. The Morgan fingerprint density at radius 2 is 0.871 bits per heavy atom. The molecule has 3 heteroatoms. The average molecular weight is 429 g/mol. The van der Waals surface area contributed by atoms with E-state index in [1.165, 1.54) is 33.4 Å². The van der Waals surface area contributed by atoms with Crippen LogP contribution in [0.5, 0.6) is 0 Å². The maximum atomic E-state index is 6.85. The molecule has 3 aliphatic carbocycles. The van der Waals surface area contributed by atoms with Gasteiger partial charge in [-0.15, -0.1) is 0 Å². The van der Waals surface area contributed by atoms with Crippen LogP contribution in [0.4, 0.5) is 0 Å². The Hall–Kier alpha value is -1.94. The predicted molar refractivity (Wildman–Crippen MR) is 135 cm³/mol. The third kappa shape index (κ3) is 3.05. The van der Waals surface area contributed by atoms with Crippen LogP contribution in [0.25, 0.3) is 18.2 Å². The zero-order valence-electron chi connectivity index (χ0n) is 17.0. The van der Waals surface area contributed by atoms with E-state index in [-0.39, 0.29) is 29.6 Å². The van der Waals surface area contributed by atoms with Crippen molar-refractivity contribution < 1.29 is 4.43 Å². The van der Waals surface area contributed by atoms with Crippen LogP contribution in [0, 0.1) is 0 Å². The zero-order valence-corrected chi connectivity index (χ0v) is 18.0. The van der Waals surface area contributed by atoms with Crippen LogP contribution in [0.1, 0.15) is 50.0 Å². The van der Waals surface area contributed by atoms with Crippen molar-refractivity contribution in [3.63, 3.8) is 0 Å². The normalized spacial score (nSPS) is 23.7. The average Bonchev–Trinajstić information content (AvgIpc) is 3.53. The van der Waals surface area contributed by atoms with E-state index in [2.05, 4.69) is 109 Å². The third-order valence-electron chi connectivity index (χ3n) is 7.21. The molecule has 3 aromatic rings. The molecule has 0 fully saturated rings. The molecule has 0 amide bonds. The Morgan fingerprint density at radius 3 is 1.19 bits per heavy atom. The molecule has 0 radical (unpaired) electrons. The molecule has 3 atom stereocenters. The molecule has 0 aromatic heterocycles. The van der Waals surface area contributed by atoms with Gasteiger partial charge in [0, 0.05) is 23.7 Å². The second-order valence-electron chi connectivity index (χ2n) is 8.45. The van der Waals surface area contributed by atoms with Crippen LogP contribution >= 0.6 is 0 Å². The molecule has 0 N–H and O–H groups in total. The zero-order chi connectivity index (χ0) is 20.1. The molecule has 0 spiro atoms. The number of rotatable bonds is 4. The summed E-state index contributed by atoms with van der Waals surface area (Å²) in [5.41, 5.74) is 9.18. The number of allylic oxidation sites excluding steroid dienone is 3. The molecule has 0 saturated heterocycles. The number of fused-ring (bicyclic) bond motifs is 3. The summed E-state index contributed by atoms with van der Waals surface area (Å²) >= 11 is 0. The van der Waals surface area contributed by atoms with Gasteiger partial charge in [-0.05, 0) is 33.4 Å². The monoisotopic (exact) mass is 428 g/mol. The molecule has 3 unspecified atom stereocenters. The molecule has 1 nitrogen and oxygen atoms in total. The Labute approximate surface area is 207 Å². The first-order valence-electron chi connectivity index (χ1n) is 10.7. The van der Waals surface area contributed by atoms with Crippen molar-refractivity contribution in [3.8, 4) is 0 Å². The Morgan fingerprint density at radius 1 is 0.548 bits per heavy atom. The fourth-order valence-electron chi connectivity index (χ4n) is 5.89. The molecule has 3 aliphatic rings. The molecule has 0 aliphatic heterocycles. The molecule has 0 saturated carbocycles. The first kappa shape index (κ1) is 20.9. The van der Waals surface area contributed by atoms with Crippen molar-refractivity contribution in [1.82, 2.24) is 0 Å². The summed E-state index contributed by atoms with van der Waals surface area (Å²) in [5.74, 6) is 0. The molecule has 3 aromatic carbocycles. The SMILES string of the molecule is CO[Si](C1C=Cc2ccccc21)(C1C=Cc2ccccc21)C1C=Cc2ccccc21.[NaH]. The molecular formula is C28H25NaOSi. The Bertz CT molecular complexity index is 1080. The van der Waals surface area contributed by atoms with Crippen molar-refractivity contribution in [2.75, 3.05) is 7.11 Å². The van der Waals surface area contributed by atoms with Crippen molar-refractivity contribution in [2.45, 2.75) is 16.6 Å². The van der Waals surface area contributed by atoms with Crippen molar-refractivity contribution in [3.05, 3.63) is 124 Å². The van der Waals surface area contributed by atoms with Crippen molar-refractivity contribution in [2.24, 2.45) is 0 Å². The van der Waals surface area contributed by atoms with Gasteiger partial charge >= 0.3 is 29.6 Å². The van der Waals surface area contributed by atoms with Gasteiger partial charge in [0.2, 0.25) is 8.32 Å². The van der Waals surface area contributed by atoms with E-state index in [0.717, 1.165) is 0 Å². The Balaban J connectivity index is 0.00000204. The van der Waals surface area contributed by atoms with Gasteiger partial charge < -0.3 is 4.43 Å². The molecule has 148 valence electrons. The van der Waals surface area contributed by atoms with Gasteiger partial charge in [0.25, 0.3) is 0 Å². The standard InChI is InChI=1S/C28H24OSi.Na.H/c1-29-30(26-17-14-20-8-2-5-11-23(20)26,27-18-15-21-9-3-6-12-24(21)27)28-19-16-22-10-4-7-13-25(22)28;;/h2-19,26-28H,1H3;;. The van der Waals surface area contributed by atoms with Crippen LogP contribution in [0.2, 0.25) is 0 Å². The van der Waals surface area contributed by atoms with Gasteiger partial charge in [0.1, 0.15) is 0 Å². The van der Waals surface area contributed by atoms with E-state index >= 15 is 0 Å². The summed E-state index contributed by atoms with van der Waals surface area (Å²) in [6, 6.07) is 26.5. The summed E-state index contributed by atoms with van der Waals surface area (Å²) in [6.07, 6.45) is 14.2.